The predicted octanol–water partition coefficient (Wildman–Crippen LogP) is 5.38. The van der Waals surface area contributed by atoms with Gasteiger partial charge in [-0.25, -0.2) is 4.39 Å². The third kappa shape index (κ3) is 4.37. The lowest BCUT2D eigenvalue weighted by molar-refractivity contribution is -0.392. The van der Waals surface area contributed by atoms with E-state index in [4.69, 9.17) is 11.6 Å². The van der Waals surface area contributed by atoms with Gasteiger partial charge in [-0.05, 0) is 19.1 Å². The van der Waals surface area contributed by atoms with Gasteiger partial charge in [-0.2, -0.15) is 13.2 Å². The Balaban J connectivity index is 2.87. The molecule has 0 amide bonds. The summed E-state index contributed by atoms with van der Waals surface area (Å²) < 4.78 is 54.5. The molecule has 0 saturated carbocycles. The topological polar surface area (TPSA) is 102 Å². The summed E-state index contributed by atoms with van der Waals surface area (Å²) in [5, 5.41) is 25.3. The summed E-state index contributed by atoms with van der Waals surface area (Å²) in [6.07, 6.45) is -5.10. The smallest absolute Gasteiger partial charge is 0.382 e. The van der Waals surface area contributed by atoms with Crippen LogP contribution in [-0.2, 0) is 12.7 Å². The van der Waals surface area contributed by atoms with Crippen LogP contribution in [0.25, 0.3) is 0 Å². The third-order valence-corrected chi connectivity index (χ3v) is 4.65. The Kier molecular flexibility index (Phi) is 6.70. The molecule has 1 N–H and O–H groups in total. The summed E-state index contributed by atoms with van der Waals surface area (Å²) in [7, 11) is 1.03. The van der Waals surface area contributed by atoms with Gasteiger partial charge in [0.05, 0.1) is 15.4 Å². The Morgan fingerprint density at radius 3 is 2.27 bits per heavy atom. The van der Waals surface area contributed by atoms with Gasteiger partial charge in [0.2, 0.25) is 0 Å². The van der Waals surface area contributed by atoms with Crippen LogP contribution < -0.4 is 10.2 Å². The van der Waals surface area contributed by atoms with E-state index >= 15 is 0 Å². The average molecular weight is 451 g/mol. The molecule has 162 valence electrons. The molecule has 0 aliphatic carbocycles. The molecular formula is C17H15ClF4N4O4. The number of hydrogen-bond donors (Lipinski definition) is 1. The van der Waals surface area contributed by atoms with Crippen molar-refractivity contribution in [3.05, 3.63) is 66.5 Å². The van der Waals surface area contributed by atoms with Crippen LogP contribution in [0.15, 0.2) is 24.3 Å². The maximum Gasteiger partial charge on any atom is 0.418 e. The minimum atomic E-state index is -5.10. The second kappa shape index (κ2) is 8.69. The molecule has 0 spiro atoms. The van der Waals surface area contributed by atoms with E-state index in [0.717, 1.165) is 18.0 Å². The van der Waals surface area contributed by atoms with Crippen LogP contribution in [0, 0.1) is 26.0 Å². The molecule has 0 aromatic heterocycles. The fourth-order valence-electron chi connectivity index (χ4n) is 2.97. The Morgan fingerprint density at radius 2 is 1.83 bits per heavy atom. The van der Waals surface area contributed by atoms with Crippen LogP contribution in [0.4, 0.5) is 40.3 Å². The van der Waals surface area contributed by atoms with Crippen molar-refractivity contribution >= 4 is 34.4 Å². The first-order chi connectivity index (χ1) is 13.9. The summed E-state index contributed by atoms with van der Waals surface area (Å²) in [4.78, 5) is 22.0. The van der Waals surface area contributed by atoms with Crippen molar-refractivity contribution in [2.24, 2.45) is 0 Å². The van der Waals surface area contributed by atoms with Gasteiger partial charge in [0, 0.05) is 36.8 Å². The summed E-state index contributed by atoms with van der Waals surface area (Å²) >= 11 is 5.97. The highest BCUT2D eigenvalue weighted by molar-refractivity contribution is 6.31. The molecule has 0 fully saturated rings. The number of alkyl halides is 3. The highest BCUT2D eigenvalue weighted by atomic mass is 35.5. The van der Waals surface area contributed by atoms with Crippen molar-refractivity contribution in [2.75, 3.05) is 23.8 Å². The highest BCUT2D eigenvalue weighted by Crippen LogP contribution is 2.49. The largest absolute Gasteiger partial charge is 0.418 e. The Hall–Kier alpha value is -3.15. The molecule has 2 rings (SSSR count). The monoisotopic (exact) mass is 450 g/mol. The number of nitrogens with one attached hydrogen (secondary N) is 1. The molecule has 0 atom stereocenters. The van der Waals surface area contributed by atoms with Crippen molar-refractivity contribution in [1.29, 1.82) is 0 Å². The standard InChI is InChI=1S/C17H15ClF4N4O4/c1-3-24(8-9-11(18)5-4-6-12(9)19)15-13(25(27)28)7-10(17(20,21)22)14(23-2)16(15)26(29)30/h4-7,23H,3,8H2,1-2H3. The van der Waals surface area contributed by atoms with E-state index in [1.807, 2.05) is 0 Å². The lowest BCUT2D eigenvalue weighted by Crippen LogP contribution is -2.26. The van der Waals surface area contributed by atoms with Crippen molar-refractivity contribution in [3.63, 3.8) is 0 Å². The highest BCUT2D eigenvalue weighted by Gasteiger charge is 2.43. The number of rotatable bonds is 7. The van der Waals surface area contributed by atoms with Crippen LogP contribution in [0.2, 0.25) is 5.02 Å². The lowest BCUT2D eigenvalue weighted by Gasteiger charge is -2.25. The van der Waals surface area contributed by atoms with Crippen LogP contribution in [-0.4, -0.2) is 23.4 Å². The molecule has 0 heterocycles. The first kappa shape index (κ1) is 23.1. The second-order valence-corrected chi connectivity index (χ2v) is 6.40. The quantitative estimate of drug-likeness (QED) is 0.345. The minimum absolute atomic E-state index is 0.0421. The Bertz CT molecular complexity index is 980. The Labute approximate surface area is 172 Å². The molecule has 13 heteroatoms. The van der Waals surface area contributed by atoms with Gasteiger partial charge in [-0.1, -0.05) is 17.7 Å². The summed E-state index contributed by atoms with van der Waals surface area (Å²) in [6, 6.07) is 3.96. The molecule has 0 aliphatic rings. The van der Waals surface area contributed by atoms with Gasteiger partial charge < -0.3 is 10.2 Å². The van der Waals surface area contributed by atoms with Gasteiger partial charge in [-0.3, -0.25) is 20.2 Å². The average Bonchev–Trinajstić information content (AvgIpc) is 2.65. The van der Waals surface area contributed by atoms with Gasteiger partial charge in [0.25, 0.3) is 5.69 Å². The van der Waals surface area contributed by atoms with Gasteiger partial charge in [-0.15, -0.1) is 0 Å². The fourth-order valence-corrected chi connectivity index (χ4v) is 3.20. The van der Waals surface area contributed by atoms with Gasteiger partial charge in [0.15, 0.2) is 5.69 Å². The molecule has 2 aromatic carbocycles. The molecule has 30 heavy (non-hydrogen) atoms. The maximum atomic E-state index is 14.2. The lowest BCUT2D eigenvalue weighted by atomic mass is 10.0. The maximum absolute atomic E-state index is 14.2. The number of nitro benzene ring substituents is 2. The third-order valence-electron chi connectivity index (χ3n) is 4.30. The summed E-state index contributed by atoms with van der Waals surface area (Å²) in [5.41, 5.74) is -5.59. The normalized spacial score (nSPS) is 11.3. The molecule has 0 aliphatic heterocycles. The molecular weight excluding hydrogens is 436 g/mol. The van der Waals surface area contributed by atoms with E-state index < -0.39 is 56.7 Å². The first-order valence-corrected chi connectivity index (χ1v) is 8.74. The van der Waals surface area contributed by atoms with Crippen LogP contribution in [0.5, 0.6) is 0 Å². The van der Waals surface area contributed by atoms with Crippen molar-refractivity contribution in [2.45, 2.75) is 19.6 Å². The Morgan fingerprint density at radius 1 is 1.20 bits per heavy atom. The van der Waals surface area contributed by atoms with Gasteiger partial charge >= 0.3 is 11.9 Å². The SMILES string of the molecule is CCN(Cc1c(F)cccc1Cl)c1c([N+](=O)[O-])cc(C(F)(F)F)c(NC)c1[N+](=O)[O-]. The number of nitrogens with zero attached hydrogens (tertiary/aromatic N) is 3. The van der Waals surface area contributed by atoms with Crippen molar-refractivity contribution in [1.82, 2.24) is 0 Å². The van der Waals surface area contributed by atoms with E-state index in [1.165, 1.54) is 19.1 Å². The van der Waals surface area contributed by atoms with E-state index in [1.54, 1.807) is 0 Å². The van der Waals surface area contributed by atoms with E-state index in [0.29, 0.717) is 0 Å². The van der Waals surface area contributed by atoms with Crippen molar-refractivity contribution in [3.8, 4) is 0 Å². The predicted molar refractivity (Wildman–Crippen MR) is 102 cm³/mol. The number of halogens is 5. The summed E-state index contributed by atoms with van der Waals surface area (Å²) in [5.74, 6) is -0.771. The first-order valence-electron chi connectivity index (χ1n) is 8.36. The molecule has 2 aromatic rings. The van der Waals surface area contributed by atoms with E-state index in [2.05, 4.69) is 5.32 Å². The molecule has 0 unspecified atom stereocenters. The zero-order valence-corrected chi connectivity index (χ0v) is 16.3. The van der Waals surface area contributed by atoms with Gasteiger partial charge in [0.1, 0.15) is 11.5 Å². The van der Waals surface area contributed by atoms with Crippen LogP contribution in [0.3, 0.4) is 0 Å². The molecule has 0 bridgehead atoms. The molecule has 8 nitrogen and oxygen atoms in total. The zero-order valence-electron chi connectivity index (χ0n) is 15.6. The minimum Gasteiger partial charge on any atom is -0.382 e. The zero-order chi connectivity index (χ0) is 22.8. The number of anilines is 2. The number of benzene rings is 2. The van der Waals surface area contributed by atoms with Crippen LogP contribution in [0.1, 0.15) is 18.1 Å². The summed E-state index contributed by atoms with van der Waals surface area (Å²) in [6.45, 7) is 0.887. The number of hydrogen-bond acceptors (Lipinski definition) is 6. The molecule has 0 saturated heterocycles. The fraction of sp³-hybridized carbons (Fsp3) is 0.294. The van der Waals surface area contributed by atoms with E-state index in [-0.39, 0.29) is 23.2 Å². The second-order valence-electron chi connectivity index (χ2n) is 5.99. The van der Waals surface area contributed by atoms with Crippen molar-refractivity contribution < 1.29 is 27.4 Å². The molecule has 0 radical (unpaired) electrons. The van der Waals surface area contributed by atoms with Crippen LogP contribution >= 0.6 is 11.6 Å². The van der Waals surface area contributed by atoms with E-state index in [9.17, 15) is 37.8 Å². The number of nitro groups is 2.